The van der Waals surface area contributed by atoms with Crippen LogP contribution in [0, 0.1) is 0 Å². The molecule has 3 rings (SSSR count). The monoisotopic (exact) mass is 334 g/mol. The van der Waals surface area contributed by atoms with Gasteiger partial charge in [0.2, 0.25) is 5.91 Å². The highest BCUT2D eigenvalue weighted by Gasteiger charge is 2.26. The summed E-state index contributed by atoms with van der Waals surface area (Å²) < 4.78 is 1.89. The van der Waals surface area contributed by atoms with Crippen molar-refractivity contribution in [3.05, 3.63) is 23.7 Å². The molecule has 1 fully saturated rings. The first kappa shape index (κ1) is 16.1. The summed E-state index contributed by atoms with van der Waals surface area (Å²) in [5, 5.41) is 7.06. The van der Waals surface area contributed by atoms with E-state index in [1.165, 1.54) is 12.8 Å². The van der Waals surface area contributed by atoms with Crippen LogP contribution >= 0.6 is 11.3 Å². The molecule has 1 aliphatic heterocycles. The van der Waals surface area contributed by atoms with Crippen LogP contribution in [-0.4, -0.2) is 49.7 Å². The maximum atomic E-state index is 11.6. The second-order valence-electron chi connectivity index (χ2n) is 5.77. The topological polar surface area (TPSA) is 67.2 Å². The summed E-state index contributed by atoms with van der Waals surface area (Å²) >= 11 is 1.54. The Hall–Kier alpha value is -1.80. The van der Waals surface area contributed by atoms with Crippen molar-refractivity contribution in [3.8, 4) is 0 Å². The van der Waals surface area contributed by atoms with Crippen molar-refractivity contribution in [3.63, 3.8) is 0 Å². The van der Waals surface area contributed by atoms with Gasteiger partial charge in [-0.25, -0.2) is 9.97 Å². The second-order valence-corrected chi connectivity index (χ2v) is 6.61. The van der Waals surface area contributed by atoms with Crippen LogP contribution in [0.3, 0.4) is 0 Å². The average Bonchev–Trinajstić information content (AvgIpc) is 3.24. The predicted molar refractivity (Wildman–Crippen MR) is 89.3 cm³/mol. The minimum absolute atomic E-state index is 0.0404. The third kappa shape index (κ3) is 3.76. The van der Waals surface area contributed by atoms with Crippen LogP contribution in [0.1, 0.15) is 32.4 Å². The van der Waals surface area contributed by atoms with E-state index in [9.17, 15) is 4.79 Å². The van der Waals surface area contributed by atoms with Crippen molar-refractivity contribution in [2.75, 3.05) is 18.0 Å². The Morgan fingerprint density at radius 3 is 3.09 bits per heavy atom. The third-order valence-corrected chi connectivity index (χ3v) is 5.11. The fourth-order valence-corrected chi connectivity index (χ4v) is 3.97. The zero-order chi connectivity index (χ0) is 16.2. The maximum absolute atomic E-state index is 11.6. The average molecular weight is 334 g/mol. The molecule has 0 aromatic carbocycles. The van der Waals surface area contributed by atoms with Crippen molar-refractivity contribution >= 4 is 22.4 Å². The number of hydrogen-bond acceptors (Lipinski definition) is 6. The lowest BCUT2D eigenvalue weighted by Gasteiger charge is -2.23. The molecule has 8 heteroatoms. The highest BCUT2D eigenvalue weighted by atomic mass is 32.1. The van der Waals surface area contributed by atoms with Gasteiger partial charge in [-0.1, -0.05) is 0 Å². The molecule has 3 heterocycles. The summed E-state index contributed by atoms with van der Waals surface area (Å²) in [5.74, 6) is 0.0404. The highest BCUT2D eigenvalue weighted by molar-refractivity contribution is 7.14. The lowest BCUT2D eigenvalue weighted by atomic mass is 10.2. The van der Waals surface area contributed by atoms with Gasteiger partial charge < -0.3 is 0 Å². The minimum Gasteiger partial charge on any atom is -0.293 e. The van der Waals surface area contributed by atoms with Gasteiger partial charge in [-0.05, 0) is 26.3 Å². The molecule has 23 heavy (non-hydrogen) atoms. The molecule has 2 aromatic rings. The number of hydrogen-bond donors (Lipinski definition) is 0. The molecule has 0 aliphatic carbocycles. The summed E-state index contributed by atoms with van der Waals surface area (Å²) in [6.45, 7) is 6.98. The van der Waals surface area contributed by atoms with E-state index in [0.717, 1.165) is 30.5 Å². The fourth-order valence-electron chi connectivity index (χ4n) is 3.05. The fraction of sp³-hybridized carbons (Fsp3) is 0.600. The number of nitrogens with zero attached hydrogens (tertiary/aromatic N) is 6. The summed E-state index contributed by atoms with van der Waals surface area (Å²) in [7, 11) is 0. The molecule has 0 spiro atoms. The van der Waals surface area contributed by atoms with E-state index < -0.39 is 0 Å². The lowest BCUT2D eigenvalue weighted by Crippen LogP contribution is -2.33. The van der Waals surface area contributed by atoms with Crippen LogP contribution in [0.15, 0.2) is 18.0 Å². The normalized spacial score (nSPS) is 18.4. The zero-order valence-corrected chi connectivity index (χ0v) is 14.4. The first-order valence-corrected chi connectivity index (χ1v) is 8.84. The Morgan fingerprint density at radius 1 is 1.52 bits per heavy atom. The van der Waals surface area contributed by atoms with Crippen LogP contribution < -0.4 is 4.90 Å². The number of anilines is 1. The van der Waals surface area contributed by atoms with Gasteiger partial charge in [-0.3, -0.25) is 19.3 Å². The summed E-state index contributed by atoms with van der Waals surface area (Å²) in [5.41, 5.74) is 1.04. The van der Waals surface area contributed by atoms with Crippen molar-refractivity contribution in [2.24, 2.45) is 0 Å². The van der Waals surface area contributed by atoms with E-state index >= 15 is 0 Å². The Kier molecular flexibility index (Phi) is 5.02. The van der Waals surface area contributed by atoms with Gasteiger partial charge in [0, 0.05) is 31.4 Å². The molecule has 0 saturated carbocycles. The molecular weight excluding hydrogens is 312 g/mol. The van der Waals surface area contributed by atoms with Gasteiger partial charge >= 0.3 is 0 Å². The van der Waals surface area contributed by atoms with E-state index in [0.29, 0.717) is 12.6 Å². The van der Waals surface area contributed by atoms with Crippen LogP contribution in [0.4, 0.5) is 5.13 Å². The molecular formula is C15H22N6OS. The third-order valence-electron chi connectivity index (χ3n) is 4.20. The van der Waals surface area contributed by atoms with E-state index in [1.807, 2.05) is 11.6 Å². The van der Waals surface area contributed by atoms with Crippen LogP contribution in [0.5, 0.6) is 0 Å². The quantitative estimate of drug-likeness (QED) is 0.805. The molecule has 0 radical (unpaired) electrons. The van der Waals surface area contributed by atoms with E-state index in [2.05, 4.69) is 25.3 Å². The molecule has 1 atom stereocenters. The van der Waals surface area contributed by atoms with E-state index in [1.54, 1.807) is 35.8 Å². The molecule has 1 amide bonds. The SMILES string of the molecule is CCN(C(C)=O)c1nc(CN2CCCC2Cn2cncn2)cs1. The molecule has 2 aromatic heterocycles. The lowest BCUT2D eigenvalue weighted by molar-refractivity contribution is -0.116. The summed E-state index contributed by atoms with van der Waals surface area (Å²) in [6.07, 6.45) is 5.72. The summed E-state index contributed by atoms with van der Waals surface area (Å²) in [6, 6.07) is 0.469. The van der Waals surface area contributed by atoms with E-state index in [4.69, 9.17) is 0 Å². The van der Waals surface area contributed by atoms with Crippen molar-refractivity contribution in [1.82, 2.24) is 24.6 Å². The van der Waals surface area contributed by atoms with Gasteiger partial charge in [-0.2, -0.15) is 5.10 Å². The smallest absolute Gasteiger partial charge is 0.225 e. The van der Waals surface area contributed by atoms with Crippen molar-refractivity contribution in [2.45, 2.75) is 45.8 Å². The molecule has 1 unspecified atom stereocenters. The van der Waals surface area contributed by atoms with Gasteiger partial charge in [-0.15, -0.1) is 11.3 Å². The number of aromatic nitrogens is 4. The minimum atomic E-state index is 0.0404. The molecule has 1 saturated heterocycles. The number of rotatable bonds is 6. The van der Waals surface area contributed by atoms with E-state index in [-0.39, 0.29) is 5.91 Å². The number of thiazole rings is 1. The van der Waals surface area contributed by atoms with Gasteiger partial charge in [0.1, 0.15) is 12.7 Å². The Bertz CT molecular complexity index is 640. The van der Waals surface area contributed by atoms with Gasteiger partial charge in [0.15, 0.2) is 5.13 Å². The number of amides is 1. The molecule has 1 aliphatic rings. The van der Waals surface area contributed by atoms with Crippen LogP contribution in [0.25, 0.3) is 0 Å². The zero-order valence-electron chi connectivity index (χ0n) is 13.6. The molecule has 124 valence electrons. The second kappa shape index (κ2) is 7.18. The Morgan fingerprint density at radius 2 is 2.39 bits per heavy atom. The Labute approximate surface area is 140 Å². The molecule has 0 N–H and O–H groups in total. The number of carbonyl (C=O) groups is 1. The molecule has 7 nitrogen and oxygen atoms in total. The first-order chi connectivity index (χ1) is 11.2. The van der Waals surface area contributed by atoms with Crippen LogP contribution in [-0.2, 0) is 17.9 Å². The Balaban J connectivity index is 1.64. The maximum Gasteiger partial charge on any atom is 0.225 e. The molecule has 0 bridgehead atoms. The van der Waals surface area contributed by atoms with Gasteiger partial charge in [0.05, 0.1) is 12.2 Å². The first-order valence-electron chi connectivity index (χ1n) is 7.96. The standard InChI is InChI=1S/C15H22N6OS/c1-3-21(12(2)22)15-18-13(9-23-15)7-19-6-4-5-14(19)8-20-11-16-10-17-20/h9-11,14H,3-8H2,1-2H3. The van der Waals surface area contributed by atoms with Crippen LogP contribution in [0.2, 0.25) is 0 Å². The summed E-state index contributed by atoms with van der Waals surface area (Å²) in [4.78, 5) is 24.4. The highest BCUT2D eigenvalue weighted by Crippen LogP contribution is 2.25. The van der Waals surface area contributed by atoms with Crippen molar-refractivity contribution in [1.29, 1.82) is 0 Å². The van der Waals surface area contributed by atoms with Crippen molar-refractivity contribution < 1.29 is 4.79 Å². The number of likely N-dealkylation sites (tertiary alicyclic amines) is 1. The number of carbonyl (C=O) groups excluding carboxylic acids is 1. The largest absolute Gasteiger partial charge is 0.293 e. The van der Waals surface area contributed by atoms with Gasteiger partial charge in [0.25, 0.3) is 0 Å². The predicted octanol–water partition coefficient (Wildman–Crippen LogP) is 1.77.